The van der Waals surface area contributed by atoms with E-state index in [4.69, 9.17) is 0 Å². The van der Waals surface area contributed by atoms with Gasteiger partial charge in [0.15, 0.2) is 0 Å². The fourth-order valence-electron chi connectivity index (χ4n) is 2.71. The fourth-order valence-corrected chi connectivity index (χ4v) is 2.71. The molecule has 0 aromatic carbocycles. The first kappa shape index (κ1) is 15.2. The molecule has 1 N–H and O–H groups in total. The molecule has 2 heterocycles. The fraction of sp³-hybridized carbons (Fsp3) is 0.571. The normalized spacial score (nSPS) is 19.3. The Morgan fingerprint density at radius 3 is 2.90 bits per heavy atom. The van der Waals surface area contributed by atoms with E-state index in [2.05, 4.69) is 4.98 Å². The number of hydrogen-bond acceptors (Lipinski definition) is 5. The minimum Gasteiger partial charge on any atom is -0.481 e. The molecule has 1 aliphatic heterocycles. The van der Waals surface area contributed by atoms with Crippen molar-refractivity contribution >= 4 is 17.5 Å². The van der Waals surface area contributed by atoms with Crippen LogP contribution in [0.2, 0.25) is 0 Å². The van der Waals surface area contributed by atoms with Crippen molar-refractivity contribution in [2.45, 2.75) is 26.7 Å². The number of carbonyl (C=O) groups is 1. The number of hydrogen-bond donors (Lipinski definition) is 1. The van der Waals surface area contributed by atoms with Crippen molar-refractivity contribution in [3.05, 3.63) is 28.4 Å². The molecule has 1 saturated heterocycles. The lowest BCUT2D eigenvalue weighted by Gasteiger charge is -2.39. The Kier molecular flexibility index (Phi) is 4.11. The van der Waals surface area contributed by atoms with Crippen molar-refractivity contribution < 1.29 is 14.8 Å². The van der Waals surface area contributed by atoms with Crippen LogP contribution in [0.1, 0.15) is 26.7 Å². The van der Waals surface area contributed by atoms with E-state index in [1.165, 1.54) is 18.3 Å². The lowest BCUT2D eigenvalue weighted by molar-refractivity contribution is -0.384. The van der Waals surface area contributed by atoms with E-state index in [1.54, 1.807) is 13.8 Å². The number of anilines is 1. The van der Waals surface area contributed by atoms with E-state index in [0.717, 1.165) is 12.8 Å². The molecule has 0 spiro atoms. The highest BCUT2D eigenvalue weighted by molar-refractivity contribution is 5.74. The van der Waals surface area contributed by atoms with E-state index in [0.29, 0.717) is 18.9 Å². The van der Waals surface area contributed by atoms with E-state index in [-0.39, 0.29) is 11.6 Å². The van der Waals surface area contributed by atoms with Crippen LogP contribution in [0.4, 0.5) is 11.5 Å². The first-order valence-electron chi connectivity index (χ1n) is 6.91. The molecular formula is C14H19N3O4. The van der Waals surface area contributed by atoms with E-state index < -0.39 is 16.3 Å². The first-order chi connectivity index (χ1) is 9.84. The van der Waals surface area contributed by atoms with Gasteiger partial charge in [0.05, 0.1) is 10.3 Å². The maximum Gasteiger partial charge on any atom is 0.311 e. The second-order valence-electron chi connectivity index (χ2n) is 5.92. The molecule has 1 unspecified atom stereocenters. The Hall–Kier alpha value is -2.18. The summed E-state index contributed by atoms with van der Waals surface area (Å²) in [5.74, 6) is -0.580. The van der Waals surface area contributed by atoms with Crippen LogP contribution in [-0.2, 0) is 4.79 Å². The molecule has 0 amide bonds. The van der Waals surface area contributed by atoms with Crippen LogP contribution in [0.15, 0.2) is 18.3 Å². The Bertz CT molecular complexity index is 559. The van der Waals surface area contributed by atoms with Gasteiger partial charge in [-0.2, -0.15) is 0 Å². The third-order valence-corrected chi connectivity index (χ3v) is 4.26. The van der Waals surface area contributed by atoms with E-state index >= 15 is 0 Å². The highest BCUT2D eigenvalue weighted by Crippen LogP contribution is 2.37. The van der Waals surface area contributed by atoms with Gasteiger partial charge in [0.1, 0.15) is 0 Å². The lowest BCUT2D eigenvalue weighted by Crippen LogP contribution is -2.45. The highest BCUT2D eigenvalue weighted by Gasteiger charge is 2.40. The van der Waals surface area contributed by atoms with Gasteiger partial charge in [-0.3, -0.25) is 14.9 Å². The van der Waals surface area contributed by atoms with Gasteiger partial charge in [-0.05, 0) is 38.7 Å². The van der Waals surface area contributed by atoms with Gasteiger partial charge in [0.2, 0.25) is 5.82 Å². The summed E-state index contributed by atoms with van der Waals surface area (Å²) in [5, 5.41) is 20.4. The van der Waals surface area contributed by atoms with Gasteiger partial charge >= 0.3 is 11.7 Å². The minimum atomic E-state index is -0.859. The number of aliphatic carboxylic acids is 1. The molecule has 0 saturated carbocycles. The SMILES string of the molecule is CC(C)(C(=O)O)C1CCCN(c2ncccc2[N+](=O)[O-])C1. The predicted molar refractivity (Wildman–Crippen MR) is 77.2 cm³/mol. The summed E-state index contributed by atoms with van der Waals surface area (Å²) in [6, 6.07) is 2.96. The third kappa shape index (κ3) is 2.96. The largest absolute Gasteiger partial charge is 0.481 e. The molecular weight excluding hydrogens is 274 g/mol. The summed E-state index contributed by atoms with van der Waals surface area (Å²) in [6.45, 7) is 4.54. The third-order valence-electron chi connectivity index (χ3n) is 4.26. The van der Waals surface area contributed by atoms with Crippen molar-refractivity contribution in [3.63, 3.8) is 0 Å². The van der Waals surface area contributed by atoms with Crippen molar-refractivity contribution in [1.82, 2.24) is 4.98 Å². The summed E-state index contributed by atoms with van der Waals surface area (Å²) < 4.78 is 0. The van der Waals surface area contributed by atoms with Gasteiger partial charge in [0.25, 0.3) is 0 Å². The molecule has 1 aromatic heterocycles. The number of aromatic nitrogens is 1. The number of piperidine rings is 1. The number of nitrogens with zero attached hydrogens (tertiary/aromatic N) is 3. The zero-order valence-electron chi connectivity index (χ0n) is 12.2. The summed E-state index contributed by atoms with van der Waals surface area (Å²) in [4.78, 5) is 28.0. The average molecular weight is 293 g/mol. The molecule has 2 rings (SSSR count). The van der Waals surface area contributed by atoms with E-state index in [1.807, 2.05) is 4.90 Å². The average Bonchev–Trinajstić information content (AvgIpc) is 2.47. The van der Waals surface area contributed by atoms with Crippen molar-refractivity contribution in [2.24, 2.45) is 11.3 Å². The maximum absolute atomic E-state index is 11.4. The standard InChI is InChI=1S/C14H19N3O4/c1-14(2,13(18)19)10-5-4-8-16(9-10)12-11(17(20)21)6-3-7-15-12/h3,6-7,10H,4-5,8-9H2,1-2H3,(H,18,19). The molecule has 0 aliphatic carbocycles. The van der Waals surface area contributed by atoms with Crippen molar-refractivity contribution in [3.8, 4) is 0 Å². The number of pyridine rings is 1. The van der Waals surface area contributed by atoms with Crippen LogP contribution in [0.25, 0.3) is 0 Å². The molecule has 1 aliphatic rings. The zero-order valence-corrected chi connectivity index (χ0v) is 12.2. The van der Waals surface area contributed by atoms with Gasteiger partial charge < -0.3 is 10.0 Å². The van der Waals surface area contributed by atoms with Crippen LogP contribution in [0, 0.1) is 21.4 Å². The Morgan fingerprint density at radius 2 is 2.29 bits per heavy atom. The Labute approximate surface area is 122 Å². The molecule has 7 heteroatoms. The molecule has 1 fully saturated rings. The molecule has 0 radical (unpaired) electrons. The second-order valence-corrected chi connectivity index (χ2v) is 5.92. The van der Waals surface area contributed by atoms with Crippen LogP contribution < -0.4 is 4.90 Å². The second kappa shape index (κ2) is 5.67. The Balaban J connectivity index is 2.27. The summed E-state index contributed by atoms with van der Waals surface area (Å²) in [5.41, 5.74) is -0.895. The monoisotopic (exact) mass is 293 g/mol. The maximum atomic E-state index is 11.4. The van der Waals surface area contributed by atoms with Gasteiger partial charge in [-0.1, -0.05) is 0 Å². The molecule has 7 nitrogen and oxygen atoms in total. The number of rotatable bonds is 4. The molecule has 114 valence electrons. The molecule has 0 bridgehead atoms. The van der Waals surface area contributed by atoms with Crippen molar-refractivity contribution in [1.29, 1.82) is 0 Å². The number of carboxylic acid groups (broad SMARTS) is 1. The predicted octanol–water partition coefficient (Wildman–Crippen LogP) is 2.32. The van der Waals surface area contributed by atoms with Gasteiger partial charge in [-0.25, -0.2) is 4.98 Å². The number of carboxylic acids is 1. The molecule has 21 heavy (non-hydrogen) atoms. The lowest BCUT2D eigenvalue weighted by atomic mass is 9.74. The summed E-state index contributed by atoms with van der Waals surface area (Å²) >= 11 is 0. The van der Waals surface area contributed by atoms with Gasteiger partial charge in [-0.15, -0.1) is 0 Å². The highest BCUT2D eigenvalue weighted by atomic mass is 16.6. The van der Waals surface area contributed by atoms with E-state index in [9.17, 15) is 20.0 Å². The minimum absolute atomic E-state index is 0.0359. The topological polar surface area (TPSA) is 96.6 Å². The van der Waals surface area contributed by atoms with Crippen LogP contribution in [-0.4, -0.2) is 34.1 Å². The summed E-state index contributed by atoms with van der Waals surface area (Å²) in [7, 11) is 0. The number of nitro groups is 1. The first-order valence-corrected chi connectivity index (χ1v) is 6.91. The van der Waals surface area contributed by atoms with Gasteiger partial charge in [0, 0.05) is 25.4 Å². The molecule has 1 aromatic rings. The van der Waals surface area contributed by atoms with Crippen molar-refractivity contribution in [2.75, 3.05) is 18.0 Å². The zero-order chi connectivity index (χ0) is 15.6. The summed E-state index contributed by atoms with van der Waals surface area (Å²) in [6.07, 6.45) is 3.12. The van der Waals surface area contributed by atoms with Crippen LogP contribution >= 0.6 is 0 Å². The Morgan fingerprint density at radius 1 is 1.57 bits per heavy atom. The smallest absolute Gasteiger partial charge is 0.311 e. The van der Waals surface area contributed by atoms with Crippen LogP contribution in [0.5, 0.6) is 0 Å². The quantitative estimate of drug-likeness (QED) is 0.676. The molecule has 1 atom stereocenters. The van der Waals surface area contributed by atoms with Crippen LogP contribution in [0.3, 0.4) is 0 Å².